The molecule has 1 aromatic rings. The topological polar surface area (TPSA) is 81.6 Å². The van der Waals surface area contributed by atoms with E-state index in [9.17, 15) is 4.79 Å². The minimum absolute atomic E-state index is 0.0746. The summed E-state index contributed by atoms with van der Waals surface area (Å²) in [6, 6.07) is 5.20. The van der Waals surface area contributed by atoms with E-state index in [4.69, 9.17) is 16.2 Å². The van der Waals surface area contributed by atoms with Crippen LogP contribution in [0.4, 0.5) is 11.4 Å². The zero-order valence-corrected chi connectivity index (χ0v) is 10.0. The Bertz CT molecular complexity index is 447. The number of rotatable bonds is 2. The van der Waals surface area contributed by atoms with E-state index >= 15 is 0 Å². The van der Waals surface area contributed by atoms with E-state index in [1.807, 2.05) is 6.92 Å². The molecule has 0 spiro atoms. The lowest BCUT2D eigenvalue weighted by Gasteiger charge is -2.36. The van der Waals surface area contributed by atoms with Gasteiger partial charge < -0.3 is 21.1 Å². The summed E-state index contributed by atoms with van der Waals surface area (Å²) in [4.78, 5) is 13.8. The molecule has 0 fully saturated rings. The number of anilines is 2. The van der Waals surface area contributed by atoms with Gasteiger partial charge in [0, 0.05) is 18.3 Å². The lowest BCUT2D eigenvalue weighted by Crippen LogP contribution is -2.51. The van der Waals surface area contributed by atoms with E-state index in [1.165, 1.54) is 0 Å². The molecular weight excluding hydrogens is 218 g/mol. The molecule has 1 aromatic carbocycles. The third-order valence-corrected chi connectivity index (χ3v) is 2.91. The van der Waals surface area contributed by atoms with Crippen LogP contribution in [0, 0.1) is 0 Å². The lowest BCUT2D eigenvalue weighted by molar-refractivity contribution is -0.126. The second-order valence-corrected chi connectivity index (χ2v) is 4.28. The molecule has 1 aliphatic heterocycles. The smallest absolute Gasteiger partial charge is 0.268 e. The van der Waals surface area contributed by atoms with E-state index < -0.39 is 6.10 Å². The lowest BCUT2D eigenvalue weighted by atomic mass is 10.1. The predicted molar refractivity (Wildman–Crippen MR) is 66.9 cm³/mol. The Labute approximate surface area is 100 Å². The number of hydrogen-bond donors (Lipinski definition) is 2. The van der Waals surface area contributed by atoms with Gasteiger partial charge in [0.2, 0.25) is 0 Å². The van der Waals surface area contributed by atoms with Gasteiger partial charge in [-0.3, -0.25) is 4.79 Å². The third-order valence-electron chi connectivity index (χ3n) is 2.91. The van der Waals surface area contributed by atoms with Crippen LogP contribution in [0.5, 0.6) is 5.75 Å². The Morgan fingerprint density at radius 2 is 2.24 bits per heavy atom. The number of benzene rings is 1. The first-order valence-electron chi connectivity index (χ1n) is 5.64. The van der Waals surface area contributed by atoms with Gasteiger partial charge in [0.25, 0.3) is 5.91 Å². The Balaban J connectivity index is 2.50. The van der Waals surface area contributed by atoms with Gasteiger partial charge in [0.05, 0.1) is 5.69 Å². The SMILES string of the molecule is CC1Oc2ccc(N)cc2N(C(C)CN)C1=O. The number of nitrogen functional groups attached to an aromatic ring is 1. The summed E-state index contributed by atoms with van der Waals surface area (Å²) >= 11 is 0. The number of amides is 1. The van der Waals surface area contributed by atoms with Gasteiger partial charge in [-0.2, -0.15) is 0 Å². The highest BCUT2D eigenvalue weighted by Gasteiger charge is 2.33. The van der Waals surface area contributed by atoms with E-state index in [0.717, 1.165) is 0 Å². The maximum absolute atomic E-state index is 12.1. The Kier molecular flexibility index (Phi) is 2.93. The number of nitrogens with two attached hydrogens (primary N) is 2. The molecule has 0 saturated heterocycles. The first-order valence-corrected chi connectivity index (χ1v) is 5.64. The van der Waals surface area contributed by atoms with Gasteiger partial charge in [0.15, 0.2) is 6.10 Å². The van der Waals surface area contributed by atoms with Gasteiger partial charge in [-0.15, -0.1) is 0 Å². The summed E-state index contributed by atoms with van der Waals surface area (Å²) in [6.07, 6.45) is -0.486. The van der Waals surface area contributed by atoms with Crippen molar-refractivity contribution >= 4 is 17.3 Å². The minimum Gasteiger partial charge on any atom is -0.479 e. The van der Waals surface area contributed by atoms with E-state index in [-0.39, 0.29) is 11.9 Å². The van der Waals surface area contributed by atoms with Crippen LogP contribution in [-0.4, -0.2) is 24.6 Å². The number of fused-ring (bicyclic) bond motifs is 1. The van der Waals surface area contributed by atoms with Gasteiger partial charge in [-0.1, -0.05) is 0 Å². The fourth-order valence-electron chi connectivity index (χ4n) is 1.94. The second kappa shape index (κ2) is 4.25. The zero-order chi connectivity index (χ0) is 12.6. The maximum atomic E-state index is 12.1. The molecule has 0 saturated carbocycles. The van der Waals surface area contributed by atoms with Gasteiger partial charge in [0.1, 0.15) is 5.75 Å². The number of carbonyl (C=O) groups is 1. The van der Waals surface area contributed by atoms with Crippen molar-refractivity contribution in [2.24, 2.45) is 5.73 Å². The van der Waals surface area contributed by atoms with Crippen molar-refractivity contribution in [3.05, 3.63) is 18.2 Å². The molecular formula is C12H17N3O2. The van der Waals surface area contributed by atoms with Gasteiger partial charge >= 0.3 is 0 Å². The van der Waals surface area contributed by atoms with Gasteiger partial charge in [-0.05, 0) is 32.0 Å². The van der Waals surface area contributed by atoms with Crippen LogP contribution in [0.2, 0.25) is 0 Å². The predicted octanol–water partition coefficient (Wildman–Crippen LogP) is 0.730. The van der Waals surface area contributed by atoms with E-state index in [2.05, 4.69) is 0 Å². The number of carbonyl (C=O) groups excluding carboxylic acids is 1. The zero-order valence-electron chi connectivity index (χ0n) is 10.0. The molecule has 17 heavy (non-hydrogen) atoms. The molecule has 2 atom stereocenters. The first-order chi connectivity index (χ1) is 8.04. The molecule has 0 bridgehead atoms. The van der Waals surface area contributed by atoms with Crippen molar-refractivity contribution in [2.45, 2.75) is 26.0 Å². The summed E-state index contributed by atoms with van der Waals surface area (Å²) in [5.74, 6) is 0.590. The Hall–Kier alpha value is -1.75. The van der Waals surface area contributed by atoms with Crippen molar-refractivity contribution in [2.75, 3.05) is 17.2 Å². The molecule has 5 nitrogen and oxygen atoms in total. The fraction of sp³-hybridized carbons (Fsp3) is 0.417. The molecule has 2 rings (SSSR count). The summed E-state index contributed by atoms with van der Waals surface area (Å²) < 4.78 is 5.54. The van der Waals surface area contributed by atoms with E-state index in [1.54, 1.807) is 30.0 Å². The number of nitrogens with zero attached hydrogens (tertiary/aromatic N) is 1. The summed E-state index contributed by atoms with van der Waals surface area (Å²) in [5.41, 5.74) is 12.7. The van der Waals surface area contributed by atoms with Crippen molar-refractivity contribution < 1.29 is 9.53 Å². The normalized spacial score (nSPS) is 20.8. The Morgan fingerprint density at radius 3 is 2.88 bits per heavy atom. The molecule has 0 aliphatic carbocycles. The molecule has 1 aliphatic rings. The van der Waals surface area contributed by atoms with Crippen LogP contribution in [0.15, 0.2) is 18.2 Å². The van der Waals surface area contributed by atoms with Crippen LogP contribution in [-0.2, 0) is 4.79 Å². The Morgan fingerprint density at radius 1 is 1.53 bits per heavy atom. The van der Waals surface area contributed by atoms with Crippen molar-refractivity contribution in [3.8, 4) is 5.75 Å². The third kappa shape index (κ3) is 1.93. The molecule has 92 valence electrons. The highest BCUT2D eigenvalue weighted by atomic mass is 16.5. The molecule has 1 heterocycles. The first kappa shape index (κ1) is 11.7. The second-order valence-electron chi connectivity index (χ2n) is 4.28. The van der Waals surface area contributed by atoms with Crippen LogP contribution >= 0.6 is 0 Å². The number of ether oxygens (including phenoxy) is 1. The van der Waals surface area contributed by atoms with Crippen LogP contribution in [0.25, 0.3) is 0 Å². The monoisotopic (exact) mass is 235 g/mol. The minimum atomic E-state index is -0.486. The summed E-state index contributed by atoms with van der Waals surface area (Å²) in [7, 11) is 0. The molecule has 1 amide bonds. The largest absolute Gasteiger partial charge is 0.479 e. The molecule has 5 heteroatoms. The van der Waals surface area contributed by atoms with Crippen LogP contribution < -0.4 is 21.1 Å². The van der Waals surface area contributed by atoms with E-state index in [0.29, 0.717) is 23.7 Å². The maximum Gasteiger partial charge on any atom is 0.268 e. The highest BCUT2D eigenvalue weighted by Crippen LogP contribution is 2.36. The van der Waals surface area contributed by atoms with Gasteiger partial charge in [-0.25, -0.2) is 0 Å². The summed E-state index contributed by atoms with van der Waals surface area (Å²) in [6.45, 7) is 4.04. The highest BCUT2D eigenvalue weighted by molar-refractivity contribution is 6.00. The average molecular weight is 235 g/mol. The fourth-order valence-corrected chi connectivity index (χ4v) is 1.94. The molecule has 2 unspecified atom stereocenters. The average Bonchev–Trinajstić information content (AvgIpc) is 2.31. The standard InChI is InChI=1S/C12H17N3O2/c1-7(6-13)15-10-5-9(14)3-4-11(10)17-8(2)12(15)16/h3-5,7-8H,6,13-14H2,1-2H3. The van der Waals surface area contributed by atoms with Crippen LogP contribution in [0.3, 0.4) is 0 Å². The van der Waals surface area contributed by atoms with Crippen LogP contribution in [0.1, 0.15) is 13.8 Å². The number of hydrogen-bond acceptors (Lipinski definition) is 4. The quantitative estimate of drug-likeness (QED) is 0.740. The van der Waals surface area contributed by atoms with Crippen molar-refractivity contribution in [3.63, 3.8) is 0 Å². The van der Waals surface area contributed by atoms with Crippen molar-refractivity contribution in [1.29, 1.82) is 0 Å². The molecule has 0 aromatic heterocycles. The summed E-state index contributed by atoms with van der Waals surface area (Å²) in [5, 5.41) is 0. The molecule has 4 N–H and O–H groups in total. The van der Waals surface area contributed by atoms with Crippen molar-refractivity contribution in [1.82, 2.24) is 0 Å². The molecule has 0 radical (unpaired) electrons.